The molecule has 4 aliphatic rings. The van der Waals surface area contributed by atoms with Crippen molar-refractivity contribution in [2.24, 2.45) is 28.6 Å². The summed E-state index contributed by atoms with van der Waals surface area (Å²) in [7, 11) is 2.18. The number of aliphatic hydroxyl groups excluding tert-OH is 1. The van der Waals surface area contributed by atoms with Crippen LogP contribution in [0.15, 0.2) is 0 Å². The van der Waals surface area contributed by atoms with Crippen LogP contribution in [0.1, 0.15) is 59.3 Å². The summed E-state index contributed by atoms with van der Waals surface area (Å²) in [5, 5.41) is 10.9. The van der Waals surface area contributed by atoms with E-state index in [1.165, 1.54) is 38.5 Å². The van der Waals surface area contributed by atoms with E-state index >= 15 is 0 Å². The van der Waals surface area contributed by atoms with E-state index < -0.39 is 0 Å². The predicted molar refractivity (Wildman–Crippen MR) is 83.6 cm³/mol. The Balaban J connectivity index is 1.63. The Hall–Kier alpha value is -0.0800. The third-order valence-corrected chi connectivity index (χ3v) is 6.02. The molecule has 4 bridgehead atoms. The van der Waals surface area contributed by atoms with Crippen molar-refractivity contribution in [2.45, 2.75) is 65.4 Å². The van der Waals surface area contributed by atoms with Crippen LogP contribution in [0.2, 0.25) is 0 Å². The topological polar surface area (TPSA) is 23.5 Å². The summed E-state index contributed by atoms with van der Waals surface area (Å²) in [6.07, 6.45) is 8.21. The normalized spacial score (nSPS) is 41.4. The molecule has 0 spiro atoms. The van der Waals surface area contributed by atoms with Crippen molar-refractivity contribution >= 4 is 0 Å². The van der Waals surface area contributed by atoms with Gasteiger partial charge in [-0.15, -0.1) is 0 Å². The van der Waals surface area contributed by atoms with Crippen molar-refractivity contribution in [3.05, 3.63) is 0 Å². The van der Waals surface area contributed by atoms with Gasteiger partial charge in [-0.05, 0) is 74.2 Å². The quantitative estimate of drug-likeness (QED) is 0.851. The summed E-state index contributed by atoms with van der Waals surface area (Å²) in [5.74, 6) is 2.80. The number of hydrogen-bond donors (Lipinski definition) is 1. The standard InChI is InChI=1S/C18H33NO/c1-17(2,3)12-19(4)11-16(20)18-8-13-5-14(9-18)7-15(6-13)10-18/h13-16,20H,5-12H2,1-4H3. The van der Waals surface area contributed by atoms with Crippen LogP contribution >= 0.6 is 0 Å². The van der Waals surface area contributed by atoms with E-state index in [2.05, 4.69) is 32.7 Å². The fraction of sp³-hybridized carbons (Fsp3) is 1.00. The molecule has 4 rings (SSSR count). The van der Waals surface area contributed by atoms with Crippen molar-refractivity contribution in [1.82, 2.24) is 4.90 Å². The number of hydrogen-bond acceptors (Lipinski definition) is 2. The molecule has 4 saturated carbocycles. The second-order valence-electron chi connectivity index (χ2n) is 9.55. The summed E-state index contributed by atoms with van der Waals surface area (Å²) in [5.41, 5.74) is 0.594. The van der Waals surface area contributed by atoms with Crippen molar-refractivity contribution in [1.29, 1.82) is 0 Å². The first-order valence-electron chi connectivity index (χ1n) is 8.62. The zero-order chi connectivity index (χ0) is 14.5. The lowest BCUT2D eigenvalue weighted by atomic mass is 9.48. The van der Waals surface area contributed by atoms with E-state index in [1.54, 1.807) is 0 Å². The third kappa shape index (κ3) is 2.92. The maximum atomic E-state index is 10.9. The largest absolute Gasteiger partial charge is 0.391 e. The van der Waals surface area contributed by atoms with E-state index in [4.69, 9.17) is 0 Å². The van der Waals surface area contributed by atoms with Crippen molar-refractivity contribution < 1.29 is 5.11 Å². The molecule has 0 aliphatic heterocycles. The van der Waals surface area contributed by atoms with Gasteiger partial charge in [0, 0.05) is 13.1 Å². The highest BCUT2D eigenvalue weighted by atomic mass is 16.3. The lowest BCUT2D eigenvalue weighted by Gasteiger charge is -2.58. The Labute approximate surface area is 124 Å². The van der Waals surface area contributed by atoms with Crippen LogP contribution in [0.4, 0.5) is 0 Å². The number of nitrogens with zero attached hydrogens (tertiary/aromatic N) is 1. The van der Waals surface area contributed by atoms with Gasteiger partial charge in [-0.3, -0.25) is 0 Å². The molecule has 0 heterocycles. The molecule has 116 valence electrons. The molecule has 0 saturated heterocycles. The van der Waals surface area contributed by atoms with Gasteiger partial charge in [-0.2, -0.15) is 0 Å². The number of aliphatic hydroxyl groups is 1. The van der Waals surface area contributed by atoms with Crippen LogP contribution in [0.5, 0.6) is 0 Å². The minimum Gasteiger partial charge on any atom is -0.391 e. The maximum Gasteiger partial charge on any atom is 0.0723 e. The molecular weight excluding hydrogens is 246 g/mol. The van der Waals surface area contributed by atoms with Crippen LogP contribution in [-0.2, 0) is 0 Å². The fourth-order valence-electron chi connectivity index (χ4n) is 5.95. The first kappa shape index (κ1) is 14.8. The smallest absolute Gasteiger partial charge is 0.0723 e. The average Bonchev–Trinajstić information content (AvgIpc) is 2.23. The van der Waals surface area contributed by atoms with E-state index in [0.717, 1.165) is 30.8 Å². The molecule has 1 atom stereocenters. The Bertz CT molecular complexity index is 322. The third-order valence-electron chi connectivity index (χ3n) is 6.02. The van der Waals surface area contributed by atoms with Gasteiger partial charge >= 0.3 is 0 Å². The van der Waals surface area contributed by atoms with Gasteiger partial charge in [0.2, 0.25) is 0 Å². The first-order chi connectivity index (χ1) is 9.26. The lowest BCUT2D eigenvalue weighted by molar-refractivity contribution is -0.126. The van der Waals surface area contributed by atoms with Crippen LogP contribution in [0, 0.1) is 28.6 Å². The summed E-state index contributed by atoms with van der Waals surface area (Å²) in [6.45, 7) is 8.77. The molecule has 0 radical (unpaired) electrons. The second-order valence-corrected chi connectivity index (χ2v) is 9.55. The average molecular weight is 279 g/mol. The molecule has 20 heavy (non-hydrogen) atoms. The molecule has 2 nitrogen and oxygen atoms in total. The van der Waals surface area contributed by atoms with Gasteiger partial charge < -0.3 is 10.0 Å². The lowest BCUT2D eigenvalue weighted by Crippen LogP contribution is -2.54. The van der Waals surface area contributed by atoms with Gasteiger partial charge in [0.15, 0.2) is 0 Å². The molecule has 0 amide bonds. The van der Waals surface area contributed by atoms with Crippen LogP contribution in [-0.4, -0.2) is 36.2 Å². The molecular formula is C18H33NO. The minimum atomic E-state index is -0.108. The summed E-state index contributed by atoms with van der Waals surface area (Å²) in [4.78, 5) is 2.35. The van der Waals surface area contributed by atoms with E-state index in [-0.39, 0.29) is 11.5 Å². The monoisotopic (exact) mass is 279 g/mol. The van der Waals surface area contributed by atoms with E-state index in [0.29, 0.717) is 5.41 Å². The predicted octanol–water partition coefficient (Wildman–Crippen LogP) is 3.54. The van der Waals surface area contributed by atoms with Crippen molar-refractivity contribution in [3.63, 3.8) is 0 Å². The molecule has 0 aromatic heterocycles. The van der Waals surface area contributed by atoms with Crippen LogP contribution in [0.3, 0.4) is 0 Å². The Kier molecular flexibility index (Phi) is 3.70. The molecule has 4 fully saturated rings. The highest BCUT2D eigenvalue weighted by Gasteiger charge is 2.53. The highest BCUT2D eigenvalue weighted by molar-refractivity contribution is 5.04. The summed E-state index contributed by atoms with van der Waals surface area (Å²) >= 11 is 0. The Morgan fingerprint density at radius 3 is 1.90 bits per heavy atom. The highest BCUT2D eigenvalue weighted by Crippen LogP contribution is 2.61. The van der Waals surface area contributed by atoms with Gasteiger partial charge in [-0.25, -0.2) is 0 Å². The second kappa shape index (κ2) is 4.98. The first-order valence-corrected chi connectivity index (χ1v) is 8.62. The fourth-order valence-corrected chi connectivity index (χ4v) is 5.95. The Morgan fingerprint density at radius 2 is 1.50 bits per heavy atom. The van der Waals surface area contributed by atoms with E-state index in [1.807, 2.05) is 0 Å². The van der Waals surface area contributed by atoms with Crippen LogP contribution < -0.4 is 0 Å². The van der Waals surface area contributed by atoms with Gasteiger partial charge in [0.25, 0.3) is 0 Å². The zero-order valence-electron chi connectivity index (χ0n) is 13.9. The summed E-state index contributed by atoms with van der Waals surface area (Å²) < 4.78 is 0. The van der Waals surface area contributed by atoms with Gasteiger partial charge in [0.1, 0.15) is 0 Å². The van der Waals surface area contributed by atoms with Crippen molar-refractivity contribution in [2.75, 3.05) is 20.1 Å². The molecule has 2 heteroatoms. The van der Waals surface area contributed by atoms with Gasteiger partial charge in [0.05, 0.1) is 6.10 Å². The molecule has 4 aliphatic carbocycles. The number of likely N-dealkylation sites (N-methyl/N-ethyl adjacent to an activating group) is 1. The summed E-state index contributed by atoms with van der Waals surface area (Å²) in [6, 6.07) is 0. The molecule has 0 aromatic carbocycles. The molecule has 1 N–H and O–H groups in total. The molecule has 1 unspecified atom stereocenters. The number of rotatable bonds is 4. The van der Waals surface area contributed by atoms with E-state index in [9.17, 15) is 5.11 Å². The zero-order valence-corrected chi connectivity index (χ0v) is 13.9. The Morgan fingerprint density at radius 1 is 1.05 bits per heavy atom. The van der Waals surface area contributed by atoms with Crippen LogP contribution in [0.25, 0.3) is 0 Å². The van der Waals surface area contributed by atoms with Gasteiger partial charge in [-0.1, -0.05) is 20.8 Å². The van der Waals surface area contributed by atoms with Crippen molar-refractivity contribution in [3.8, 4) is 0 Å². The maximum absolute atomic E-state index is 10.9. The minimum absolute atomic E-state index is 0.108. The SMILES string of the molecule is CN(CC(O)C12CC3CC(CC(C3)C1)C2)CC(C)(C)C. The molecule has 0 aromatic rings.